The van der Waals surface area contributed by atoms with Gasteiger partial charge >= 0.3 is 6.09 Å². The Morgan fingerprint density at radius 1 is 1.21 bits per heavy atom. The van der Waals surface area contributed by atoms with E-state index in [9.17, 15) is 14.9 Å². The Hall–Kier alpha value is -3.82. The number of carbonyl (C=O) groups excluding carboxylic acids is 1. The lowest BCUT2D eigenvalue weighted by molar-refractivity contribution is -0.384. The number of ether oxygens (including phenoxy) is 1. The van der Waals surface area contributed by atoms with E-state index in [1.54, 1.807) is 55.9 Å². The molecule has 0 spiro atoms. The number of hydrogen-bond acceptors (Lipinski definition) is 7. The van der Waals surface area contributed by atoms with E-state index in [4.69, 9.17) is 4.74 Å². The molecule has 4 rings (SSSR count). The quantitative estimate of drug-likeness (QED) is 0.482. The topological polar surface area (TPSA) is 116 Å². The minimum Gasteiger partial charge on any atom is -0.443 e. The first kappa shape index (κ1) is 18.5. The second kappa shape index (κ2) is 6.66. The van der Waals surface area contributed by atoms with Crippen LogP contribution < -0.4 is 4.90 Å². The molecule has 1 aromatic carbocycles. The molecule has 1 amide bonds. The third kappa shape index (κ3) is 3.40. The number of hydrogen-bond donors (Lipinski definition) is 0. The molecule has 2 aromatic heterocycles. The van der Waals surface area contributed by atoms with Gasteiger partial charge in [-0.05, 0) is 45.0 Å². The van der Waals surface area contributed by atoms with E-state index in [1.807, 2.05) is 0 Å². The number of anilines is 1. The fraction of sp³-hybridized carbons (Fsp3) is 0.263. The lowest BCUT2D eigenvalue weighted by atomic mass is 10.1. The molecule has 0 saturated heterocycles. The molecular weight excluding hydrogens is 376 g/mol. The number of amides is 1. The summed E-state index contributed by atoms with van der Waals surface area (Å²) < 4.78 is 7.08. The summed E-state index contributed by atoms with van der Waals surface area (Å²) in [6, 6.07) is 9.51. The number of non-ortho nitro benzene ring substituents is 1. The van der Waals surface area contributed by atoms with Gasteiger partial charge in [-0.25, -0.2) is 9.48 Å². The largest absolute Gasteiger partial charge is 0.443 e. The zero-order valence-electron chi connectivity index (χ0n) is 16.1. The summed E-state index contributed by atoms with van der Waals surface area (Å²) >= 11 is 0. The number of benzene rings is 1. The molecule has 3 aromatic rings. The van der Waals surface area contributed by atoms with Crippen molar-refractivity contribution in [1.82, 2.24) is 20.0 Å². The Morgan fingerprint density at radius 3 is 2.59 bits per heavy atom. The highest BCUT2D eigenvalue weighted by Gasteiger charge is 2.34. The Kier molecular flexibility index (Phi) is 4.26. The maximum atomic E-state index is 12.7. The van der Waals surface area contributed by atoms with E-state index in [2.05, 4.69) is 15.3 Å². The summed E-state index contributed by atoms with van der Waals surface area (Å²) in [5.41, 5.74) is 2.25. The van der Waals surface area contributed by atoms with Crippen molar-refractivity contribution in [3.05, 3.63) is 58.4 Å². The third-order valence-electron chi connectivity index (χ3n) is 4.27. The molecule has 0 atom stereocenters. The first-order valence-electron chi connectivity index (χ1n) is 8.90. The molecule has 0 N–H and O–H groups in total. The van der Waals surface area contributed by atoms with E-state index in [-0.39, 0.29) is 12.2 Å². The fourth-order valence-corrected chi connectivity index (χ4v) is 3.06. The molecule has 0 unspecified atom stereocenters. The average molecular weight is 394 g/mol. The highest BCUT2D eigenvalue weighted by Crippen LogP contribution is 2.38. The third-order valence-corrected chi connectivity index (χ3v) is 4.27. The molecule has 148 valence electrons. The molecule has 0 fully saturated rings. The van der Waals surface area contributed by atoms with Crippen LogP contribution in [0, 0.1) is 10.1 Å². The van der Waals surface area contributed by atoms with E-state index in [1.165, 1.54) is 17.0 Å². The van der Waals surface area contributed by atoms with Crippen LogP contribution >= 0.6 is 0 Å². The molecule has 0 radical (unpaired) electrons. The molecule has 0 saturated carbocycles. The molecule has 10 nitrogen and oxygen atoms in total. The number of pyridine rings is 1. The highest BCUT2D eigenvalue weighted by molar-refractivity contribution is 5.94. The van der Waals surface area contributed by atoms with E-state index >= 15 is 0 Å². The number of nitrogens with zero attached hydrogens (tertiary/aromatic N) is 6. The second-order valence-corrected chi connectivity index (χ2v) is 7.51. The van der Waals surface area contributed by atoms with Crippen LogP contribution in [0.1, 0.15) is 26.5 Å². The monoisotopic (exact) mass is 394 g/mol. The Bertz CT molecular complexity index is 1100. The Balaban J connectivity index is 1.77. The van der Waals surface area contributed by atoms with Gasteiger partial charge in [-0.3, -0.25) is 20.0 Å². The Morgan fingerprint density at radius 2 is 1.93 bits per heavy atom. The molecule has 0 aliphatic carbocycles. The lowest BCUT2D eigenvalue weighted by Gasteiger charge is -2.30. The zero-order valence-corrected chi connectivity index (χ0v) is 16.1. The van der Waals surface area contributed by atoms with Crippen LogP contribution in [0.5, 0.6) is 0 Å². The van der Waals surface area contributed by atoms with Crippen LogP contribution in [-0.4, -0.2) is 36.6 Å². The van der Waals surface area contributed by atoms with Gasteiger partial charge in [0.25, 0.3) is 5.69 Å². The number of rotatable bonds is 2. The number of aromatic nitrogens is 4. The van der Waals surface area contributed by atoms with Crippen LogP contribution in [0.3, 0.4) is 0 Å². The van der Waals surface area contributed by atoms with Gasteiger partial charge in [0.1, 0.15) is 22.7 Å². The molecule has 0 bridgehead atoms. The second-order valence-electron chi connectivity index (χ2n) is 7.51. The normalized spacial score (nSPS) is 12.9. The molecule has 29 heavy (non-hydrogen) atoms. The minimum absolute atomic E-state index is 0.0163. The van der Waals surface area contributed by atoms with Crippen molar-refractivity contribution in [3.63, 3.8) is 0 Å². The lowest BCUT2D eigenvalue weighted by Crippen LogP contribution is -2.38. The summed E-state index contributed by atoms with van der Waals surface area (Å²) in [5.74, 6) is 0. The van der Waals surface area contributed by atoms with Crippen molar-refractivity contribution in [2.75, 3.05) is 4.90 Å². The highest BCUT2D eigenvalue weighted by atomic mass is 16.6. The van der Waals surface area contributed by atoms with Gasteiger partial charge in [-0.1, -0.05) is 5.21 Å². The summed E-state index contributed by atoms with van der Waals surface area (Å²) in [7, 11) is 0. The molecule has 1 aliphatic rings. The smallest absolute Gasteiger partial charge is 0.415 e. The van der Waals surface area contributed by atoms with Gasteiger partial charge in [-0.2, -0.15) is 0 Å². The number of fused-ring (bicyclic) bond motifs is 3. The van der Waals surface area contributed by atoms with Crippen LogP contribution in [-0.2, 0) is 11.3 Å². The number of nitro groups is 1. The summed E-state index contributed by atoms with van der Waals surface area (Å²) in [5, 5.41) is 19.3. The SMILES string of the molecule is CC(C)(C)OC(=O)N1Cc2nnn(-c3ccc([N+](=O)[O-])cc3)c2-c2ncccc21. The van der Waals surface area contributed by atoms with Gasteiger partial charge in [0, 0.05) is 18.3 Å². The van der Waals surface area contributed by atoms with Crippen LogP contribution in [0.2, 0.25) is 0 Å². The van der Waals surface area contributed by atoms with Crippen molar-refractivity contribution in [2.45, 2.75) is 32.9 Å². The van der Waals surface area contributed by atoms with Crippen molar-refractivity contribution in [3.8, 4) is 17.1 Å². The van der Waals surface area contributed by atoms with Crippen molar-refractivity contribution in [2.24, 2.45) is 0 Å². The van der Waals surface area contributed by atoms with Gasteiger partial charge in [-0.15, -0.1) is 5.10 Å². The van der Waals surface area contributed by atoms with Gasteiger partial charge < -0.3 is 4.74 Å². The number of carbonyl (C=O) groups is 1. The molecule has 1 aliphatic heterocycles. The number of nitro benzene ring substituents is 1. The van der Waals surface area contributed by atoms with Crippen LogP contribution in [0.15, 0.2) is 42.6 Å². The average Bonchev–Trinajstić information content (AvgIpc) is 3.10. The van der Waals surface area contributed by atoms with E-state index in [0.29, 0.717) is 28.5 Å². The summed E-state index contributed by atoms with van der Waals surface area (Å²) in [6.45, 7) is 5.58. The molecular formula is C19H18N6O4. The summed E-state index contributed by atoms with van der Waals surface area (Å²) in [6.07, 6.45) is 1.12. The standard InChI is InChI=1S/C19H18N6O4/c1-19(2,3)29-18(26)23-11-14-17(16-15(23)5-4-10-20-16)24(22-21-14)12-6-8-13(9-7-12)25(27)28/h4-10H,11H2,1-3H3. The van der Waals surface area contributed by atoms with E-state index in [0.717, 1.165) is 0 Å². The van der Waals surface area contributed by atoms with Gasteiger partial charge in [0.15, 0.2) is 0 Å². The van der Waals surface area contributed by atoms with Crippen LogP contribution in [0.4, 0.5) is 16.2 Å². The maximum Gasteiger partial charge on any atom is 0.415 e. The maximum absolute atomic E-state index is 12.7. The van der Waals surface area contributed by atoms with Crippen LogP contribution in [0.25, 0.3) is 17.1 Å². The fourth-order valence-electron chi connectivity index (χ4n) is 3.06. The summed E-state index contributed by atoms with van der Waals surface area (Å²) in [4.78, 5) is 29.1. The van der Waals surface area contributed by atoms with E-state index < -0.39 is 16.6 Å². The van der Waals surface area contributed by atoms with Crippen molar-refractivity contribution in [1.29, 1.82) is 0 Å². The molecule has 10 heteroatoms. The predicted octanol–water partition coefficient (Wildman–Crippen LogP) is 3.49. The minimum atomic E-state index is -0.643. The van der Waals surface area contributed by atoms with Crippen molar-refractivity contribution >= 4 is 17.5 Å². The van der Waals surface area contributed by atoms with Gasteiger partial charge in [0.05, 0.1) is 22.8 Å². The van der Waals surface area contributed by atoms with Crippen molar-refractivity contribution < 1.29 is 14.5 Å². The molecule has 3 heterocycles. The predicted molar refractivity (Wildman–Crippen MR) is 104 cm³/mol. The van der Waals surface area contributed by atoms with Gasteiger partial charge in [0.2, 0.25) is 0 Å². The first-order valence-corrected chi connectivity index (χ1v) is 8.90. The zero-order chi connectivity index (χ0) is 20.8. The first-order chi connectivity index (χ1) is 13.7. The Labute approximate surface area is 165 Å².